The molecule has 148 valence electrons. The van der Waals surface area contributed by atoms with Crippen molar-refractivity contribution >= 4 is 33.5 Å². The number of hydrogen-bond donors (Lipinski definition) is 0. The Morgan fingerprint density at radius 1 is 1.34 bits per heavy atom. The molecule has 0 bridgehead atoms. The Labute approximate surface area is 177 Å². The minimum Gasteiger partial charge on any atom is -0.343 e. The lowest BCUT2D eigenvalue weighted by Gasteiger charge is -2.33. The zero-order chi connectivity index (χ0) is 20.6. The molecule has 0 radical (unpaired) electrons. The van der Waals surface area contributed by atoms with Crippen molar-refractivity contribution in [2.75, 3.05) is 0 Å². The van der Waals surface area contributed by atoms with E-state index in [-0.39, 0.29) is 0 Å². The molecule has 4 rings (SSSR count). The maximum atomic E-state index is 9.80. The van der Waals surface area contributed by atoms with E-state index in [2.05, 4.69) is 68.4 Å². The van der Waals surface area contributed by atoms with Crippen LogP contribution in [0.4, 0.5) is 5.00 Å². The topological polar surface area (TPSA) is 41.1 Å². The highest BCUT2D eigenvalue weighted by atomic mass is 32.1. The van der Waals surface area contributed by atoms with E-state index in [0.717, 1.165) is 41.9 Å². The first-order chi connectivity index (χ1) is 13.9. The monoisotopic (exact) mass is 401 g/mol. The summed E-state index contributed by atoms with van der Waals surface area (Å²) in [6, 6.07) is 10.8. The molecular weight excluding hydrogens is 374 g/mol. The smallest absolute Gasteiger partial charge is 0.134 e. The van der Waals surface area contributed by atoms with E-state index >= 15 is 0 Å². The molecule has 0 spiro atoms. The van der Waals surface area contributed by atoms with Crippen LogP contribution >= 0.6 is 11.3 Å². The third-order valence-corrected chi connectivity index (χ3v) is 7.21. The van der Waals surface area contributed by atoms with Gasteiger partial charge in [0.1, 0.15) is 11.1 Å². The molecule has 0 saturated carbocycles. The van der Waals surface area contributed by atoms with Crippen LogP contribution in [0.3, 0.4) is 0 Å². The molecule has 2 aromatic heterocycles. The van der Waals surface area contributed by atoms with E-state index < -0.39 is 0 Å². The fourth-order valence-electron chi connectivity index (χ4n) is 4.31. The quantitative estimate of drug-likeness (QED) is 0.356. The predicted octanol–water partition coefficient (Wildman–Crippen LogP) is 6.66. The molecule has 29 heavy (non-hydrogen) atoms. The van der Waals surface area contributed by atoms with Crippen molar-refractivity contribution in [3.8, 4) is 6.07 Å². The van der Waals surface area contributed by atoms with E-state index in [1.165, 1.54) is 21.3 Å². The summed E-state index contributed by atoms with van der Waals surface area (Å²) >= 11 is 1.70. The third kappa shape index (κ3) is 3.68. The van der Waals surface area contributed by atoms with Gasteiger partial charge in [0.15, 0.2) is 0 Å². The summed E-state index contributed by atoms with van der Waals surface area (Å²) in [5.41, 5.74) is 4.56. The first kappa shape index (κ1) is 19.7. The number of aliphatic imine (C=N–C) groups is 1. The van der Waals surface area contributed by atoms with Crippen LogP contribution in [0, 0.1) is 22.7 Å². The van der Waals surface area contributed by atoms with Crippen LogP contribution in [0.25, 0.3) is 10.9 Å². The summed E-state index contributed by atoms with van der Waals surface area (Å²) in [5.74, 6) is 0.661. The molecule has 2 heterocycles. The van der Waals surface area contributed by atoms with Crippen molar-refractivity contribution in [2.45, 2.75) is 46.6 Å². The van der Waals surface area contributed by atoms with Crippen molar-refractivity contribution in [1.82, 2.24) is 4.57 Å². The number of benzene rings is 1. The molecular formula is C25H27N3S. The summed E-state index contributed by atoms with van der Waals surface area (Å²) in [6.07, 6.45) is 9.14. The van der Waals surface area contributed by atoms with Gasteiger partial charge in [-0.2, -0.15) is 5.26 Å². The Balaban J connectivity index is 1.70. The van der Waals surface area contributed by atoms with Crippen LogP contribution in [0.5, 0.6) is 0 Å². The number of fused-ring (bicyclic) bond motifs is 2. The number of hydrogen-bond acceptors (Lipinski definition) is 3. The van der Waals surface area contributed by atoms with Crippen LogP contribution in [0.2, 0.25) is 0 Å². The normalized spacial score (nSPS) is 16.8. The Kier molecular flexibility index (Phi) is 5.19. The molecule has 1 atom stereocenters. The lowest BCUT2D eigenvalue weighted by Crippen LogP contribution is -2.26. The third-order valence-electron chi connectivity index (χ3n) is 6.05. The second-order valence-electron chi connectivity index (χ2n) is 8.90. The SMILES string of the molecule is C=CCn1cc(C=Nc2sc3c(c2C#N)CC[C@@H](C(C)(C)C)C3)c2ccccc21. The highest BCUT2D eigenvalue weighted by molar-refractivity contribution is 7.16. The second-order valence-corrected chi connectivity index (χ2v) is 9.99. The summed E-state index contributed by atoms with van der Waals surface area (Å²) in [4.78, 5) is 6.15. The van der Waals surface area contributed by atoms with Crippen molar-refractivity contribution in [3.05, 3.63) is 64.7 Å². The summed E-state index contributed by atoms with van der Waals surface area (Å²) in [7, 11) is 0. The average Bonchev–Trinajstić information content (AvgIpc) is 3.23. The van der Waals surface area contributed by atoms with E-state index in [1.807, 2.05) is 12.3 Å². The summed E-state index contributed by atoms with van der Waals surface area (Å²) < 4.78 is 2.18. The molecule has 1 aliphatic carbocycles. The summed E-state index contributed by atoms with van der Waals surface area (Å²) in [5, 5.41) is 11.8. The van der Waals surface area contributed by atoms with Crippen LogP contribution < -0.4 is 0 Å². The molecule has 1 aromatic carbocycles. The van der Waals surface area contributed by atoms with Crippen LogP contribution in [0.1, 0.15) is 48.8 Å². The molecule has 0 amide bonds. The largest absolute Gasteiger partial charge is 0.343 e. The van der Waals surface area contributed by atoms with Gasteiger partial charge in [0.05, 0.1) is 5.56 Å². The standard InChI is InChI=1S/C25H27N3S/c1-5-12-28-16-17(19-8-6-7-9-22(19)28)15-27-24-21(14-26)20-11-10-18(25(2,3)4)13-23(20)29-24/h5-9,15-16,18H,1,10-13H2,2-4H3/t18-/m1/s1. The molecule has 1 aliphatic rings. The van der Waals surface area contributed by atoms with Crippen molar-refractivity contribution in [3.63, 3.8) is 0 Å². The van der Waals surface area contributed by atoms with Gasteiger partial charge in [0.25, 0.3) is 0 Å². The van der Waals surface area contributed by atoms with Gasteiger partial charge < -0.3 is 4.57 Å². The van der Waals surface area contributed by atoms with E-state index in [0.29, 0.717) is 11.3 Å². The molecule has 0 N–H and O–H groups in total. The zero-order valence-corrected chi connectivity index (χ0v) is 18.2. The molecule has 3 nitrogen and oxygen atoms in total. The fraction of sp³-hybridized carbons (Fsp3) is 0.360. The minimum atomic E-state index is 0.297. The highest BCUT2D eigenvalue weighted by Crippen LogP contribution is 2.44. The number of para-hydroxylation sites is 1. The second kappa shape index (κ2) is 7.65. The number of nitriles is 1. The van der Waals surface area contributed by atoms with Gasteiger partial charge in [0.2, 0.25) is 0 Å². The van der Waals surface area contributed by atoms with Gasteiger partial charge in [-0.25, -0.2) is 4.99 Å². The predicted molar refractivity (Wildman–Crippen MR) is 123 cm³/mol. The Morgan fingerprint density at radius 3 is 2.86 bits per heavy atom. The first-order valence-corrected chi connectivity index (χ1v) is 11.0. The maximum absolute atomic E-state index is 9.80. The van der Waals surface area contributed by atoms with Gasteiger partial charge in [-0.3, -0.25) is 0 Å². The van der Waals surface area contributed by atoms with Crippen molar-refractivity contribution < 1.29 is 0 Å². The molecule has 3 aromatic rings. The van der Waals surface area contributed by atoms with E-state index in [4.69, 9.17) is 4.99 Å². The zero-order valence-electron chi connectivity index (χ0n) is 17.4. The highest BCUT2D eigenvalue weighted by Gasteiger charge is 2.32. The van der Waals surface area contributed by atoms with E-state index in [1.54, 1.807) is 11.3 Å². The number of allylic oxidation sites excluding steroid dienone is 1. The molecule has 0 aliphatic heterocycles. The van der Waals surface area contributed by atoms with Crippen LogP contribution in [-0.4, -0.2) is 10.8 Å². The van der Waals surface area contributed by atoms with Gasteiger partial charge in [-0.05, 0) is 42.2 Å². The average molecular weight is 402 g/mol. The number of rotatable bonds is 4. The Morgan fingerprint density at radius 2 is 2.14 bits per heavy atom. The number of thiophene rings is 1. The fourth-order valence-corrected chi connectivity index (χ4v) is 5.53. The minimum absolute atomic E-state index is 0.297. The lowest BCUT2D eigenvalue weighted by molar-refractivity contribution is 0.218. The summed E-state index contributed by atoms with van der Waals surface area (Å²) in [6.45, 7) is 11.6. The van der Waals surface area contributed by atoms with Crippen molar-refractivity contribution in [2.24, 2.45) is 16.3 Å². The number of nitrogens with zero attached hydrogens (tertiary/aromatic N) is 3. The lowest BCUT2D eigenvalue weighted by atomic mass is 9.72. The van der Waals surface area contributed by atoms with Crippen LogP contribution in [0.15, 0.2) is 48.1 Å². The Hall–Kier alpha value is -2.64. The van der Waals surface area contributed by atoms with Gasteiger partial charge >= 0.3 is 0 Å². The first-order valence-electron chi connectivity index (χ1n) is 10.2. The molecule has 4 heteroatoms. The molecule has 0 fully saturated rings. The van der Waals surface area contributed by atoms with Crippen LogP contribution in [-0.2, 0) is 19.4 Å². The van der Waals surface area contributed by atoms with Gasteiger partial charge in [0, 0.05) is 40.3 Å². The molecule has 0 unspecified atom stereocenters. The van der Waals surface area contributed by atoms with Gasteiger partial charge in [-0.15, -0.1) is 17.9 Å². The van der Waals surface area contributed by atoms with Gasteiger partial charge in [-0.1, -0.05) is 45.0 Å². The van der Waals surface area contributed by atoms with E-state index in [9.17, 15) is 5.26 Å². The Bertz CT molecular complexity index is 1130. The molecule has 0 saturated heterocycles. The number of aromatic nitrogens is 1. The maximum Gasteiger partial charge on any atom is 0.134 e. The van der Waals surface area contributed by atoms with Crippen molar-refractivity contribution in [1.29, 1.82) is 5.26 Å².